The third-order valence-electron chi connectivity index (χ3n) is 3.17. The molecular weight excluding hydrogens is 291 g/mol. The van der Waals surface area contributed by atoms with Gasteiger partial charge in [0.25, 0.3) is 5.69 Å². The molecule has 0 aliphatic carbocycles. The van der Waals surface area contributed by atoms with E-state index in [1.165, 1.54) is 17.0 Å². The molecule has 0 aliphatic rings. The number of non-ortho nitro benzene ring substituents is 1. The summed E-state index contributed by atoms with van der Waals surface area (Å²) in [5.41, 5.74) is 0.370. The molecule has 0 saturated carbocycles. The zero-order valence-electron chi connectivity index (χ0n) is 11.7. The number of nitro groups is 1. The van der Waals surface area contributed by atoms with Gasteiger partial charge >= 0.3 is 0 Å². The highest BCUT2D eigenvalue weighted by atomic mass is 32.1. The Morgan fingerprint density at radius 3 is 2.86 bits per heavy atom. The van der Waals surface area contributed by atoms with Crippen LogP contribution in [0.5, 0.6) is 0 Å². The van der Waals surface area contributed by atoms with Crippen molar-refractivity contribution in [3.63, 3.8) is 0 Å². The summed E-state index contributed by atoms with van der Waals surface area (Å²) in [6, 6.07) is 7.93. The lowest BCUT2D eigenvalue weighted by molar-refractivity contribution is -0.385. The molecule has 1 aromatic heterocycles. The quantitative estimate of drug-likeness (QED) is 0.608. The van der Waals surface area contributed by atoms with E-state index in [9.17, 15) is 14.5 Å². The van der Waals surface area contributed by atoms with E-state index in [2.05, 4.69) is 18.3 Å². The molecule has 1 heterocycles. The van der Waals surface area contributed by atoms with Crippen LogP contribution in [0.3, 0.4) is 0 Å². The number of halogens is 1. The maximum atomic E-state index is 13.4. The minimum absolute atomic E-state index is 0.192. The molecule has 112 valence electrons. The topological polar surface area (TPSA) is 55.2 Å². The number of nitrogens with one attached hydrogen (secondary N) is 1. The fourth-order valence-electron chi connectivity index (χ4n) is 2.20. The number of benzene rings is 1. The second-order valence-corrected chi connectivity index (χ2v) is 5.79. The zero-order chi connectivity index (χ0) is 15.2. The molecule has 1 aromatic carbocycles. The summed E-state index contributed by atoms with van der Waals surface area (Å²) in [5.74, 6) is -0.579. The van der Waals surface area contributed by atoms with E-state index < -0.39 is 10.7 Å². The number of nitrogens with zero attached hydrogens (tertiary/aromatic N) is 1. The molecule has 0 fully saturated rings. The first-order valence-electron chi connectivity index (χ1n) is 6.80. The Hall–Kier alpha value is -1.79. The normalized spacial score (nSPS) is 12.3. The van der Waals surface area contributed by atoms with Gasteiger partial charge in [0.05, 0.1) is 11.0 Å². The van der Waals surface area contributed by atoms with Crippen molar-refractivity contribution in [3.05, 3.63) is 62.1 Å². The molecule has 6 heteroatoms. The van der Waals surface area contributed by atoms with Gasteiger partial charge in [-0.3, -0.25) is 10.1 Å². The first-order valence-corrected chi connectivity index (χ1v) is 7.68. The Kier molecular flexibility index (Phi) is 5.41. The van der Waals surface area contributed by atoms with Crippen molar-refractivity contribution in [1.82, 2.24) is 5.32 Å². The van der Waals surface area contributed by atoms with Crippen molar-refractivity contribution in [2.75, 3.05) is 0 Å². The smallest absolute Gasteiger partial charge is 0.272 e. The van der Waals surface area contributed by atoms with Gasteiger partial charge < -0.3 is 5.32 Å². The van der Waals surface area contributed by atoms with E-state index in [-0.39, 0.29) is 11.7 Å². The van der Waals surface area contributed by atoms with E-state index in [1.807, 2.05) is 11.4 Å². The van der Waals surface area contributed by atoms with Crippen LogP contribution in [0.15, 0.2) is 35.7 Å². The van der Waals surface area contributed by atoms with Crippen LogP contribution in [0.2, 0.25) is 0 Å². The van der Waals surface area contributed by atoms with Crippen molar-refractivity contribution >= 4 is 17.0 Å². The average molecular weight is 308 g/mol. The van der Waals surface area contributed by atoms with Crippen LogP contribution < -0.4 is 5.32 Å². The van der Waals surface area contributed by atoms with Crippen LogP contribution in [0.4, 0.5) is 10.1 Å². The summed E-state index contributed by atoms with van der Waals surface area (Å²) < 4.78 is 13.4. The standard InChI is InChI=1S/C15H17FN2O2S/c1-2-4-14(15-5-3-6-21-15)17-10-11-7-12(16)9-13(8-11)18(19)20/h3,5-9,14,17H,2,4,10H2,1H3. The van der Waals surface area contributed by atoms with Crippen LogP contribution in [-0.2, 0) is 6.54 Å². The Bertz CT molecular complexity index is 602. The summed E-state index contributed by atoms with van der Waals surface area (Å²) >= 11 is 1.67. The maximum absolute atomic E-state index is 13.4. The van der Waals surface area contributed by atoms with Crippen molar-refractivity contribution in [2.45, 2.75) is 32.4 Å². The van der Waals surface area contributed by atoms with Crippen LogP contribution in [0, 0.1) is 15.9 Å². The highest BCUT2D eigenvalue weighted by Crippen LogP contribution is 2.24. The molecule has 0 aliphatic heterocycles. The predicted octanol–water partition coefficient (Wildman–Crippen LogP) is 4.43. The van der Waals surface area contributed by atoms with Crippen LogP contribution >= 0.6 is 11.3 Å². The zero-order valence-corrected chi connectivity index (χ0v) is 12.5. The van der Waals surface area contributed by atoms with E-state index in [1.54, 1.807) is 11.3 Å². The SMILES string of the molecule is CCCC(NCc1cc(F)cc([N+](=O)[O-])c1)c1cccs1. The van der Waals surface area contributed by atoms with Gasteiger partial charge in [-0.05, 0) is 29.5 Å². The van der Waals surface area contributed by atoms with Gasteiger partial charge in [0.15, 0.2) is 0 Å². The summed E-state index contributed by atoms with van der Waals surface area (Å²) in [5, 5.41) is 16.1. The number of thiophene rings is 1. The van der Waals surface area contributed by atoms with E-state index in [0.717, 1.165) is 18.9 Å². The summed E-state index contributed by atoms with van der Waals surface area (Å²) in [6.07, 6.45) is 2.00. The molecular formula is C15H17FN2O2S. The molecule has 0 saturated heterocycles. The lowest BCUT2D eigenvalue weighted by Gasteiger charge is -2.16. The molecule has 4 nitrogen and oxygen atoms in total. The van der Waals surface area contributed by atoms with Crippen LogP contribution in [-0.4, -0.2) is 4.92 Å². The molecule has 0 radical (unpaired) electrons. The Morgan fingerprint density at radius 1 is 1.43 bits per heavy atom. The minimum Gasteiger partial charge on any atom is -0.305 e. The molecule has 0 amide bonds. The third kappa shape index (κ3) is 4.34. The molecule has 1 atom stereocenters. The largest absolute Gasteiger partial charge is 0.305 e. The van der Waals surface area contributed by atoms with Crippen LogP contribution in [0.25, 0.3) is 0 Å². The first kappa shape index (κ1) is 15.6. The highest BCUT2D eigenvalue weighted by Gasteiger charge is 2.13. The number of hydrogen-bond acceptors (Lipinski definition) is 4. The monoisotopic (exact) mass is 308 g/mol. The van der Waals surface area contributed by atoms with Crippen molar-refractivity contribution < 1.29 is 9.31 Å². The molecule has 1 unspecified atom stereocenters. The molecule has 0 spiro atoms. The van der Waals surface area contributed by atoms with E-state index in [0.29, 0.717) is 12.1 Å². The van der Waals surface area contributed by atoms with E-state index >= 15 is 0 Å². The Labute approximate surface area is 126 Å². The fourth-order valence-corrected chi connectivity index (χ4v) is 3.04. The number of hydrogen-bond donors (Lipinski definition) is 1. The van der Waals surface area contributed by atoms with Crippen LogP contribution in [0.1, 0.15) is 36.2 Å². The van der Waals surface area contributed by atoms with Gasteiger partial charge in [0.1, 0.15) is 5.82 Å². The van der Waals surface area contributed by atoms with Gasteiger partial charge in [-0.25, -0.2) is 4.39 Å². The molecule has 2 rings (SSSR count). The van der Waals surface area contributed by atoms with Gasteiger partial charge in [-0.15, -0.1) is 11.3 Å². The second kappa shape index (κ2) is 7.28. The van der Waals surface area contributed by atoms with Crippen molar-refractivity contribution in [2.24, 2.45) is 0 Å². The molecule has 0 bridgehead atoms. The maximum Gasteiger partial charge on any atom is 0.272 e. The number of nitro benzene ring substituents is 1. The minimum atomic E-state index is -0.579. The second-order valence-electron chi connectivity index (χ2n) is 4.81. The third-order valence-corrected chi connectivity index (χ3v) is 4.16. The van der Waals surface area contributed by atoms with Gasteiger partial charge in [0.2, 0.25) is 0 Å². The average Bonchev–Trinajstić information content (AvgIpc) is 2.96. The molecule has 2 aromatic rings. The van der Waals surface area contributed by atoms with E-state index in [4.69, 9.17) is 0 Å². The lowest BCUT2D eigenvalue weighted by Crippen LogP contribution is -2.20. The Morgan fingerprint density at radius 2 is 2.24 bits per heavy atom. The highest BCUT2D eigenvalue weighted by molar-refractivity contribution is 7.10. The van der Waals surface area contributed by atoms with Crippen molar-refractivity contribution in [1.29, 1.82) is 0 Å². The van der Waals surface area contributed by atoms with Crippen molar-refractivity contribution in [3.8, 4) is 0 Å². The Balaban J connectivity index is 2.08. The van der Waals surface area contributed by atoms with Gasteiger partial charge in [-0.1, -0.05) is 19.4 Å². The molecule has 21 heavy (non-hydrogen) atoms. The van der Waals surface area contributed by atoms with Gasteiger partial charge in [-0.2, -0.15) is 0 Å². The summed E-state index contributed by atoms with van der Waals surface area (Å²) in [4.78, 5) is 11.4. The number of rotatable bonds is 7. The summed E-state index contributed by atoms with van der Waals surface area (Å²) in [7, 11) is 0. The summed E-state index contributed by atoms with van der Waals surface area (Å²) in [6.45, 7) is 2.51. The predicted molar refractivity (Wildman–Crippen MR) is 81.9 cm³/mol. The molecule has 1 N–H and O–H groups in total. The first-order chi connectivity index (χ1) is 10.1. The van der Waals surface area contributed by atoms with Gasteiger partial charge in [0, 0.05) is 23.5 Å². The lowest BCUT2D eigenvalue weighted by atomic mass is 10.1. The fraction of sp³-hybridized carbons (Fsp3) is 0.333.